The van der Waals surface area contributed by atoms with Crippen LogP contribution in [0.15, 0.2) is 40.8 Å². The fraction of sp³-hybridized carbons (Fsp3) is 0.0952. The van der Waals surface area contributed by atoms with Crippen molar-refractivity contribution in [3.63, 3.8) is 0 Å². The lowest BCUT2D eigenvalue weighted by Gasteiger charge is -2.00. The van der Waals surface area contributed by atoms with Crippen molar-refractivity contribution >= 4 is 57.5 Å². The highest BCUT2D eigenvalue weighted by molar-refractivity contribution is 7.18. The van der Waals surface area contributed by atoms with Crippen molar-refractivity contribution in [2.45, 2.75) is 6.92 Å². The standard InChI is InChI=1S/C21H14Cl2N2O4S/c1-11-16(10-24)20(30-19(11)21(27)28-2)25-18(26)6-4-15-3-5-17(29-15)12-7-13(22)9-14(23)8-12/h3-9H,1-2H3,(H,25,26)/b6-4+. The molecule has 0 bridgehead atoms. The topological polar surface area (TPSA) is 92.3 Å². The lowest BCUT2D eigenvalue weighted by Crippen LogP contribution is -2.07. The van der Waals surface area contributed by atoms with Gasteiger partial charge in [-0.2, -0.15) is 5.26 Å². The number of benzene rings is 1. The van der Waals surface area contributed by atoms with Gasteiger partial charge < -0.3 is 14.5 Å². The van der Waals surface area contributed by atoms with E-state index < -0.39 is 11.9 Å². The predicted octanol–water partition coefficient (Wildman–Crippen LogP) is 5.93. The second-order valence-corrected chi connectivity index (χ2v) is 7.94. The Hall–Kier alpha value is -3.05. The number of thiophene rings is 1. The number of nitrogens with zero attached hydrogens (tertiary/aromatic N) is 1. The van der Waals surface area contributed by atoms with Crippen molar-refractivity contribution in [3.05, 3.63) is 68.2 Å². The highest BCUT2D eigenvalue weighted by Gasteiger charge is 2.21. The van der Waals surface area contributed by atoms with Crippen molar-refractivity contribution in [1.29, 1.82) is 5.26 Å². The number of carbonyl (C=O) groups excluding carboxylic acids is 2. The van der Waals surface area contributed by atoms with E-state index in [1.807, 2.05) is 6.07 Å². The molecule has 2 heterocycles. The third-order valence-corrected chi connectivity index (χ3v) is 5.66. The Balaban J connectivity index is 1.75. The van der Waals surface area contributed by atoms with Gasteiger partial charge in [-0.3, -0.25) is 4.79 Å². The number of esters is 1. The van der Waals surface area contributed by atoms with Crippen LogP contribution in [0.4, 0.5) is 5.00 Å². The molecule has 0 saturated heterocycles. The second kappa shape index (κ2) is 9.18. The number of methoxy groups -OCH3 is 1. The van der Waals surface area contributed by atoms with Crippen molar-refractivity contribution in [2.24, 2.45) is 0 Å². The minimum Gasteiger partial charge on any atom is -0.465 e. The Bertz CT molecular complexity index is 1180. The fourth-order valence-electron chi connectivity index (χ4n) is 2.63. The van der Waals surface area contributed by atoms with Crippen molar-refractivity contribution in [2.75, 3.05) is 12.4 Å². The number of nitrogens with one attached hydrogen (secondary N) is 1. The van der Waals surface area contributed by atoms with Gasteiger partial charge in [0.05, 0.1) is 12.7 Å². The molecule has 6 nitrogen and oxygen atoms in total. The van der Waals surface area contributed by atoms with Crippen molar-refractivity contribution < 1.29 is 18.7 Å². The number of rotatable bonds is 5. The predicted molar refractivity (Wildman–Crippen MR) is 117 cm³/mol. The number of anilines is 1. The average Bonchev–Trinajstić information content (AvgIpc) is 3.29. The Labute approximate surface area is 186 Å². The Morgan fingerprint density at radius 2 is 1.93 bits per heavy atom. The smallest absolute Gasteiger partial charge is 0.348 e. The van der Waals surface area contributed by atoms with Gasteiger partial charge in [0, 0.05) is 21.7 Å². The number of nitriles is 1. The molecule has 0 aliphatic rings. The number of amides is 1. The van der Waals surface area contributed by atoms with E-state index in [0.717, 1.165) is 11.3 Å². The normalized spacial score (nSPS) is 10.8. The van der Waals surface area contributed by atoms with Crippen LogP contribution in [0.25, 0.3) is 17.4 Å². The van der Waals surface area contributed by atoms with Crippen LogP contribution in [0, 0.1) is 18.3 Å². The number of halogens is 2. The van der Waals surface area contributed by atoms with Gasteiger partial charge >= 0.3 is 5.97 Å². The molecule has 3 rings (SSSR count). The van der Waals surface area contributed by atoms with Crippen LogP contribution >= 0.6 is 34.5 Å². The molecule has 3 aromatic rings. The summed E-state index contributed by atoms with van der Waals surface area (Å²) in [4.78, 5) is 24.4. The zero-order valence-corrected chi connectivity index (χ0v) is 18.1. The van der Waals surface area contributed by atoms with Gasteiger partial charge in [0.2, 0.25) is 5.91 Å². The molecule has 9 heteroatoms. The molecule has 0 aliphatic carbocycles. The maximum absolute atomic E-state index is 12.3. The number of ether oxygens (including phenoxy) is 1. The van der Waals surface area contributed by atoms with Gasteiger partial charge in [0.25, 0.3) is 0 Å². The van der Waals surface area contributed by atoms with Gasteiger partial charge in [-0.15, -0.1) is 11.3 Å². The maximum atomic E-state index is 12.3. The van der Waals surface area contributed by atoms with E-state index in [1.165, 1.54) is 19.3 Å². The summed E-state index contributed by atoms with van der Waals surface area (Å²) < 4.78 is 10.4. The molecule has 0 fully saturated rings. The van der Waals surface area contributed by atoms with E-state index in [2.05, 4.69) is 5.32 Å². The lowest BCUT2D eigenvalue weighted by molar-refractivity contribution is -0.111. The van der Waals surface area contributed by atoms with Crippen LogP contribution in [0.1, 0.15) is 26.6 Å². The zero-order valence-electron chi connectivity index (χ0n) is 15.8. The summed E-state index contributed by atoms with van der Waals surface area (Å²) in [5.74, 6) is -0.0561. The molecular weight excluding hydrogens is 447 g/mol. The Morgan fingerprint density at radius 1 is 1.23 bits per heavy atom. The van der Waals surface area contributed by atoms with E-state index in [1.54, 1.807) is 37.3 Å². The molecule has 152 valence electrons. The van der Waals surface area contributed by atoms with Crippen LogP contribution in [0.2, 0.25) is 10.0 Å². The van der Waals surface area contributed by atoms with Crippen LogP contribution in [-0.4, -0.2) is 19.0 Å². The summed E-state index contributed by atoms with van der Waals surface area (Å²) in [6, 6.07) is 10.5. The summed E-state index contributed by atoms with van der Waals surface area (Å²) in [6.45, 7) is 1.62. The molecule has 0 saturated carbocycles. The van der Waals surface area contributed by atoms with E-state index in [4.69, 9.17) is 32.4 Å². The van der Waals surface area contributed by atoms with Gasteiger partial charge in [0.15, 0.2) is 0 Å². The van der Waals surface area contributed by atoms with Crippen LogP contribution < -0.4 is 5.32 Å². The van der Waals surface area contributed by atoms with E-state index >= 15 is 0 Å². The number of hydrogen-bond donors (Lipinski definition) is 1. The minimum absolute atomic E-state index is 0.222. The van der Waals surface area contributed by atoms with Gasteiger partial charge in [-0.1, -0.05) is 23.2 Å². The monoisotopic (exact) mass is 460 g/mol. The number of hydrogen-bond acceptors (Lipinski definition) is 6. The van der Waals surface area contributed by atoms with Crippen molar-refractivity contribution in [3.8, 4) is 17.4 Å². The largest absolute Gasteiger partial charge is 0.465 e. The first-order valence-corrected chi connectivity index (χ1v) is 10.1. The van der Waals surface area contributed by atoms with Crippen LogP contribution in [0.5, 0.6) is 0 Å². The van der Waals surface area contributed by atoms with Crippen LogP contribution in [-0.2, 0) is 9.53 Å². The zero-order chi connectivity index (χ0) is 21.8. The minimum atomic E-state index is -0.561. The third-order valence-electron chi connectivity index (χ3n) is 4.04. The summed E-state index contributed by atoms with van der Waals surface area (Å²) in [6.07, 6.45) is 2.75. The third kappa shape index (κ3) is 4.74. The number of carbonyl (C=O) groups is 2. The van der Waals surface area contributed by atoms with Gasteiger partial charge in [0.1, 0.15) is 27.5 Å². The molecule has 1 N–H and O–H groups in total. The summed E-state index contributed by atoms with van der Waals surface area (Å²) in [7, 11) is 1.25. The quantitative estimate of drug-likeness (QED) is 0.375. The molecule has 0 aliphatic heterocycles. The van der Waals surface area contributed by atoms with Crippen molar-refractivity contribution in [1.82, 2.24) is 0 Å². The first-order valence-electron chi connectivity index (χ1n) is 8.49. The van der Waals surface area contributed by atoms with Gasteiger partial charge in [-0.05, 0) is 48.9 Å². The average molecular weight is 461 g/mol. The fourth-order valence-corrected chi connectivity index (χ4v) is 4.23. The first-order chi connectivity index (χ1) is 14.3. The lowest BCUT2D eigenvalue weighted by atomic mass is 10.2. The SMILES string of the molecule is COC(=O)c1sc(NC(=O)/C=C/c2ccc(-c3cc(Cl)cc(Cl)c3)o2)c(C#N)c1C. The van der Waals surface area contributed by atoms with Crippen LogP contribution in [0.3, 0.4) is 0 Å². The molecule has 0 spiro atoms. The molecule has 30 heavy (non-hydrogen) atoms. The maximum Gasteiger partial charge on any atom is 0.348 e. The Kier molecular flexibility index (Phi) is 6.63. The molecular formula is C21H14Cl2N2O4S. The first kappa shape index (κ1) is 21.7. The molecule has 2 aromatic heterocycles. The van der Waals surface area contributed by atoms with E-state index in [9.17, 15) is 14.9 Å². The molecule has 0 unspecified atom stereocenters. The summed E-state index contributed by atoms with van der Waals surface area (Å²) in [5, 5.41) is 13.2. The molecule has 0 radical (unpaired) electrons. The molecule has 0 atom stereocenters. The highest BCUT2D eigenvalue weighted by Crippen LogP contribution is 2.33. The highest BCUT2D eigenvalue weighted by atomic mass is 35.5. The summed E-state index contributed by atoms with van der Waals surface area (Å²) >= 11 is 13.0. The van der Waals surface area contributed by atoms with E-state index in [0.29, 0.717) is 32.7 Å². The Morgan fingerprint density at radius 3 is 2.57 bits per heavy atom. The summed E-state index contributed by atoms with van der Waals surface area (Å²) in [5.41, 5.74) is 1.39. The van der Waals surface area contributed by atoms with Gasteiger partial charge in [-0.25, -0.2) is 4.79 Å². The van der Waals surface area contributed by atoms with E-state index in [-0.39, 0.29) is 15.4 Å². The molecule has 1 aromatic carbocycles. The number of furan rings is 1. The second-order valence-electron chi connectivity index (χ2n) is 6.05. The molecule has 1 amide bonds.